The Hall–Kier alpha value is -5.92. The molecule has 0 fully saturated rings. The molecule has 1 heterocycles. The third kappa shape index (κ3) is 3.96. The van der Waals surface area contributed by atoms with Crippen molar-refractivity contribution in [3.63, 3.8) is 0 Å². The van der Waals surface area contributed by atoms with E-state index >= 15 is 0 Å². The molecule has 0 aliphatic heterocycles. The number of benzene rings is 8. The van der Waals surface area contributed by atoms with E-state index < -0.39 is 0 Å². The van der Waals surface area contributed by atoms with Crippen LogP contribution in [0.5, 0.6) is 0 Å². The van der Waals surface area contributed by atoms with E-state index in [-0.39, 0.29) is 0 Å². The maximum Gasteiger partial charge on any atom is 0.0547 e. The molecule has 0 atom stereocenters. The van der Waals surface area contributed by atoms with E-state index in [2.05, 4.69) is 168 Å². The van der Waals surface area contributed by atoms with Gasteiger partial charge in [-0.3, -0.25) is 0 Å². The van der Waals surface area contributed by atoms with Gasteiger partial charge in [0.15, 0.2) is 0 Å². The molecule has 220 valence electrons. The summed E-state index contributed by atoms with van der Waals surface area (Å²) in [5, 5.41) is 10.5. The molecule has 1 heteroatoms. The summed E-state index contributed by atoms with van der Waals surface area (Å²) < 4.78 is 2.42. The average Bonchev–Trinajstić information content (AvgIpc) is 3.47. The number of aromatic nitrogens is 1. The van der Waals surface area contributed by atoms with Crippen molar-refractivity contribution in [1.29, 1.82) is 0 Å². The highest BCUT2D eigenvalue weighted by molar-refractivity contribution is 6.21. The predicted molar refractivity (Wildman–Crippen MR) is 201 cm³/mol. The Bertz CT molecular complexity index is 2670. The highest BCUT2D eigenvalue weighted by Crippen LogP contribution is 2.46. The third-order valence-corrected chi connectivity index (χ3v) is 10.3. The number of rotatable bonds is 3. The fourth-order valence-corrected chi connectivity index (χ4v) is 8.25. The first-order valence-electron chi connectivity index (χ1n) is 16.6. The molecule has 8 aromatic carbocycles. The summed E-state index contributed by atoms with van der Waals surface area (Å²) in [5.74, 6) is 0. The normalized spacial score (nSPS) is 13.1. The van der Waals surface area contributed by atoms with Crippen LogP contribution in [0.3, 0.4) is 0 Å². The number of para-hydroxylation sites is 2. The van der Waals surface area contributed by atoms with Crippen LogP contribution in [0, 0.1) is 0 Å². The molecule has 47 heavy (non-hydrogen) atoms. The van der Waals surface area contributed by atoms with Crippen LogP contribution in [0.1, 0.15) is 23.1 Å². The zero-order chi connectivity index (χ0) is 30.9. The van der Waals surface area contributed by atoms with Gasteiger partial charge in [0.05, 0.1) is 11.0 Å². The highest BCUT2D eigenvalue weighted by Gasteiger charge is 2.22. The fourth-order valence-electron chi connectivity index (χ4n) is 8.25. The molecule has 1 aromatic heterocycles. The maximum atomic E-state index is 2.46. The van der Waals surface area contributed by atoms with E-state index in [1.165, 1.54) is 93.2 Å². The van der Waals surface area contributed by atoms with Crippen LogP contribution in [0.25, 0.3) is 82.6 Å². The van der Waals surface area contributed by atoms with Crippen molar-refractivity contribution in [2.75, 3.05) is 0 Å². The largest absolute Gasteiger partial charge is 0.309 e. The lowest BCUT2D eigenvalue weighted by atomic mass is 9.81. The Morgan fingerprint density at radius 2 is 1.00 bits per heavy atom. The molecule has 1 nitrogen and oxygen atoms in total. The molecule has 0 radical (unpaired) electrons. The third-order valence-electron chi connectivity index (χ3n) is 10.3. The van der Waals surface area contributed by atoms with Crippen LogP contribution in [0.2, 0.25) is 0 Å². The molecule has 0 bridgehead atoms. The number of nitrogens with zero attached hydrogens (tertiary/aromatic N) is 1. The lowest BCUT2D eigenvalue weighted by Gasteiger charge is -2.23. The van der Waals surface area contributed by atoms with Crippen LogP contribution in [-0.4, -0.2) is 4.57 Å². The molecular weight excluding hydrogens is 567 g/mol. The van der Waals surface area contributed by atoms with Crippen LogP contribution < -0.4 is 0 Å². The molecule has 1 aliphatic carbocycles. The van der Waals surface area contributed by atoms with Crippen molar-refractivity contribution in [1.82, 2.24) is 4.57 Å². The van der Waals surface area contributed by atoms with Gasteiger partial charge < -0.3 is 4.57 Å². The van der Waals surface area contributed by atoms with Gasteiger partial charge >= 0.3 is 0 Å². The molecule has 10 rings (SSSR count). The van der Waals surface area contributed by atoms with Crippen molar-refractivity contribution in [3.8, 4) is 16.8 Å². The van der Waals surface area contributed by atoms with Gasteiger partial charge in [-0.25, -0.2) is 0 Å². The first-order chi connectivity index (χ1) is 23.3. The Kier molecular flexibility index (Phi) is 5.77. The summed E-state index contributed by atoms with van der Waals surface area (Å²) in [4.78, 5) is 0. The topological polar surface area (TPSA) is 4.93 Å². The van der Waals surface area contributed by atoms with Gasteiger partial charge in [0.1, 0.15) is 0 Å². The van der Waals surface area contributed by atoms with Crippen molar-refractivity contribution in [2.24, 2.45) is 0 Å². The van der Waals surface area contributed by atoms with E-state index in [1.807, 2.05) is 0 Å². The van der Waals surface area contributed by atoms with Crippen LogP contribution in [0.4, 0.5) is 0 Å². The summed E-state index contributed by atoms with van der Waals surface area (Å²) >= 11 is 0. The number of aryl methyl sites for hydroxylation is 1. The molecule has 0 saturated carbocycles. The second-order valence-corrected chi connectivity index (χ2v) is 12.8. The van der Waals surface area contributed by atoms with Gasteiger partial charge in [-0.05, 0) is 103 Å². The van der Waals surface area contributed by atoms with Gasteiger partial charge in [-0.15, -0.1) is 0 Å². The highest BCUT2D eigenvalue weighted by atomic mass is 15.0. The molecule has 0 spiro atoms. The summed E-state index contributed by atoms with van der Waals surface area (Å²) in [6, 6.07) is 58.1. The Morgan fingerprint density at radius 1 is 0.404 bits per heavy atom. The summed E-state index contributed by atoms with van der Waals surface area (Å²) in [7, 11) is 0. The van der Waals surface area contributed by atoms with Gasteiger partial charge in [0.25, 0.3) is 0 Å². The SMILES string of the molecule is C1=C(c2c3ccccc3c(-c3ccc4c5ccccc5n(-c5ccccc5)c4c3)c3ccccc23)CCc2c1ccc1ccccc21. The van der Waals surface area contributed by atoms with Gasteiger partial charge in [-0.2, -0.15) is 0 Å². The Balaban J connectivity index is 1.25. The summed E-state index contributed by atoms with van der Waals surface area (Å²) in [6.45, 7) is 0. The van der Waals surface area contributed by atoms with E-state index in [4.69, 9.17) is 0 Å². The molecule has 0 N–H and O–H groups in total. The van der Waals surface area contributed by atoms with E-state index in [9.17, 15) is 0 Å². The molecule has 9 aromatic rings. The van der Waals surface area contributed by atoms with Crippen molar-refractivity contribution < 1.29 is 0 Å². The minimum atomic E-state index is 1.03. The first-order valence-corrected chi connectivity index (χ1v) is 16.6. The number of hydrogen-bond donors (Lipinski definition) is 0. The average molecular weight is 598 g/mol. The van der Waals surface area contributed by atoms with Crippen molar-refractivity contribution in [2.45, 2.75) is 12.8 Å². The molecule has 1 aliphatic rings. The predicted octanol–water partition coefficient (Wildman–Crippen LogP) is 12.4. The monoisotopic (exact) mass is 597 g/mol. The number of fused-ring (bicyclic) bond motifs is 8. The lowest BCUT2D eigenvalue weighted by Crippen LogP contribution is -2.02. The number of allylic oxidation sites excluding steroid dienone is 1. The zero-order valence-electron chi connectivity index (χ0n) is 25.9. The van der Waals surface area contributed by atoms with E-state index in [0.717, 1.165) is 12.8 Å². The minimum Gasteiger partial charge on any atom is -0.309 e. The van der Waals surface area contributed by atoms with Crippen molar-refractivity contribution in [3.05, 3.63) is 174 Å². The second-order valence-electron chi connectivity index (χ2n) is 12.8. The maximum absolute atomic E-state index is 2.46. The summed E-state index contributed by atoms with van der Waals surface area (Å²) in [5.41, 5.74) is 11.8. The Labute approximate surface area is 273 Å². The van der Waals surface area contributed by atoms with E-state index in [1.54, 1.807) is 0 Å². The van der Waals surface area contributed by atoms with Crippen molar-refractivity contribution >= 4 is 65.8 Å². The standard InChI is InChI=1S/C46H31N/c1-2-13-34(14-3-1)47-43-21-11-10-16-37(43)38-27-25-33(29-44(38)47)46-41-19-8-6-17-39(41)45(40-18-7-9-20-42(40)46)32-24-26-36-31(28-32)23-22-30-12-4-5-15-35(30)36/h1-23,25,27-29H,24,26H2. The summed E-state index contributed by atoms with van der Waals surface area (Å²) in [6.07, 6.45) is 4.54. The molecule has 0 amide bonds. The molecule has 0 saturated heterocycles. The fraction of sp³-hybridized carbons (Fsp3) is 0.0435. The Morgan fingerprint density at radius 3 is 1.74 bits per heavy atom. The van der Waals surface area contributed by atoms with Crippen LogP contribution in [-0.2, 0) is 6.42 Å². The molecule has 0 unspecified atom stereocenters. The smallest absolute Gasteiger partial charge is 0.0547 e. The van der Waals surface area contributed by atoms with Crippen LogP contribution >= 0.6 is 0 Å². The minimum absolute atomic E-state index is 1.03. The van der Waals surface area contributed by atoms with E-state index in [0.29, 0.717) is 0 Å². The first kappa shape index (κ1) is 26.3. The lowest BCUT2D eigenvalue weighted by molar-refractivity contribution is 1.02. The van der Waals surface area contributed by atoms with Gasteiger partial charge in [0.2, 0.25) is 0 Å². The molecular formula is C46H31N. The van der Waals surface area contributed by atoms with Gasteiger partial charge in [0, 0.05) is 16.5 Å². The van der Waals surface area contributed by atoms with Crippen LogP contribution in [0.15, 0.2) is 158 Å². The number of hydrogen-bond acceptors (Lipinski definition) is 0. The quantitative estimate of drug-likeness (QED) is 0.179. The zero-order valence-corrected chi connectivity index (χ0v) is 25.9. The second kappa shape index (κ2) is 10.3. The van der Waals surface area contributed by atoms with Gasteiger partial charge in [-0.1, -0.05) is 140 Å².